The van der Waals surface area contributed by atoms with Crippen molar-refractivity contribution in [2.75, 3.05) is 4.90 Å². The van der Waals surface area contributed by atoms with E-state index < -0.39 is 0 Å². The molecule has 0 amide bonds. The molecule has 54 heavy (non-hydrogen) atoms. The summed E-state index contributed by atoms with van der Waals surface area (Å²) in [7, 11) is 0. The van der Waals surface area contributed by atoms with Gasteiger partial charge in [-0.05, 0) is 111 Å². The van der Waals surface area contributed by atoms with E-state index in [0.29, 0.717) is 0 Å². The molecule has 0 unspecified atom stereocenters. The molecule has 0 N–H and O–H groups in total. The smallest absolute Gasteiger partial charge is 0.0547 e. The molecule has 0 saturated carbocycles. The summed E-state index contributed by atoms with van der Waals surface area (Å²) in [5.74, 6) is 0. The van der Waals surface area contributed by atoms with Crippen molar-refractivity contribution in [3.05, 3.63) is 218 Å². The molecule has 10 aromatic rings. The molecular formula is C52H36N2. The van der Waals surface area contributed by atoms with Crippen molar-refractivity contribution in [2.45, 2.75) is 0 Å². The van der Waals surface area contributed by atoms with Crippen LogP contribution in [0.3, 0.4) is 0 Å². The monoisotopic (exact) mass is 688 g/mol. The molecule has 0 radical (unpaired) electrons. The normalized spacial score (nSPS) is 11.3. The molecule has 10 rings (SSSR count). The lowest BCUT2D eigenvalue weighted by atomic mass is 9.99. The average Bonchev–Trinajstić information content (AvgIpc) is 3.59. The largest absolute Gasteiger partial charge is 0.310 e. The zero-order chi connectivity index (χ0) is 35.8. The lowest BCUT2D eigenvalue weighted by Crippen LogP contribution is -2.10. The highest BCUT2D eigenvalue weighted by molar-refractivity contribution is 6.16. The van der Waals surface area contributed by atoms with Crippen LogP contribution >= 0.6 is 0 Å². The van der Waals surface area contributed by atoms with E-state index in [-0.39, 0.29) is 0 Å². The molecule has 1 aromatic heterocycles. The van der Waals surface area contributed by atoms with E-state index in [1.54, 1.807) is 0 Å². The summed E-state index contributed by atoms with van der Waals surface area (Å²) in [5, 5.41) is 4.95. The summed E-state index contributed by atoms with van der Waals surface area (Å²) in [6, 6.07) is 78.9. The third-order valence-corrected chi connectivity index (χ3v) is 10.6. The maximum Gasteiger partial charge on any atom is 0.0547 e. The lowest BCUT2D eigenvalue weighted by molar-refractivity contribution is 1.18. The van der Waals surface area contributed by atoms with Crippen LogP contribution < -0.4 is 4.90 Å². The molecule has 9 aromatic carbocycles. The van der Waals surface area contributed by atoms with Gasteiger partial charge in [0.2, 0.25) is 0 Å². The Morgan fingerprint density at radius 3 is 1.67 bits per heavy atom. The number of hydrogen-bond donors (Lipinski definition) is 0. The summed E-state index contributed by atoms with van der Waals surface area (Å²) >= 11 is 0. The van der Waals surface area contributed by atoms with Gasteiger partial charge in [-0.2, -0.15) is 0 Å². The highest BCUT2D eigenvalue weighted by Crippen LogP contribution is 2.43. The molecule has 2 nitrogen and oxygen atoms in total. The SMILES string of the molecule is c1ccc(-c2cccc(N(c3ccc(-c4ccc5ccccc5c4)cc3)c3ccc4c(c3)c3c(-c5ccccc5)cccc3n4-c3ccccc3)c2)cc1. The number of anilines is 3. The maximum absolute atomic E-state index is 2.40. The van der Waals surface area contributed by atoms with E-state index in [1.807, 2.05) is 0 Å². The number of rotatable bonds is 7. The second-order valence-corrected chi connectivity index (χ2v) is 13.8. The first-order chi connectivity index (χ1) is 26.8. The minimum atomic E-state index is 1.10. The Labute approximate surface area is 315 Å². The van der Waals surface area contributed by atoms with Crippen molar-refractivity contribution in [2.24, 2.45) is 0 Å². The molecule has 0 fully saturated rings. The Bertz CT molecular complexity index is 2910. The van der Waals surface area contributed by atoms with Gasteiger partial charge in [-0.15, -0.1) is 0 Å². The van der Waals surface area contributed by atoms with Gasteiger partial charge in [0.05, 0.1) is 11.0 Å². The Morgan fingerprint density at radius 1 is 0.315 bits per heavy atom. The predicted molar refractivity (Wildman–Crippen MR) is 229 cm³/mol. The molecule has 0 spiro atoms. The van der Waals surface area contributed by atoms with Crippen molar-refractivity contribution in [1.82, 2.24) is 4.57 Å². The third-order valence-electron chi connectivity index (χ3n) is 10.6. The van der Waals surface area contributed by atoms with E-state index in [2.05, 4.69) is 228 Å². The molecule has 0 saturated heterocycles. The quantitative estimate of drug-likeness (QED) is 0.162. The van der Waals surface area contributed by atoms with Crippen molar-refractivity contribution in [1.29, 1.82) is 0 Å². The fourth-order valence-electron chi connectivity index (χ4n) is 7.99. The first-order valence-corrected chi connectivity index (χ1v) is 18.5. The van der Waals surface area contributed by atoms with Crippen LogP contribution in [0.2, 0.25) is 0 Å². The number of nitrogens with zero attached hydrogens (tertiary/aromatic N) is 2. The molecule has 0 bridgehead atoms. The number of para-hydroxylation sites is 1. The number of fused-ring (bicyclic) bond motifs is 4. The Balaban J connectivity index is 1.18. The standard InChI is InChI=1S/C52H36N2/c1-4-14-37(15-5-1)42-20-12-23-46(35-42)53(45-30-28-39(29-31-45)43-27-26-38-16-10-11-19-41(38)34-43)47-32-33-50-49(36-47)52-48(40-17-6-2-7-18-40)24-13-25-51(52)54(50)44-21-8-3-9-22-44/h1-36H. The topological polar surface area (TPSA) is 8.17 Å². The summed E-state index contributed by atoms with van der Waals surface area (Å²) < 4.78 is 2.40. The van der Waals surface area contributed by atoms with Gasteiger partial charge in [-0.25, -0.2) is 0 Å². The van der Waals surface area contributed by atoms with Gasteiger partial charge < -0.3 is 9.47 Å². The van der Waals surface area contributed by atoms with E-state index in [9.17, 15) is 0 Å². The fourth-order valence-corrected chi connectivity index (χ4v) is 7.99. The van der Waals surface area contributed by atoms with Crippen LogP contribution in [0.15, 0.2) is 218 Å². The van der Waals surface area contributed by atoms with Crippen molar-refractivity contribution >= 4 is 49.6 Å². The minimum absolute atomic E-state index is 1.10. The molecule has 0 aliphatic carbocycles. The van der Waals surface area contributed by atoms with E-state index in [1.165, 1.54) is 66.0 Å². The number of benzene rings is 9. The van der Waals surface area contributed by atoms with Gasteiger partial charge in [0.25, 0.3) is 0 Å². The maximum atomic E-state index is 2.40. The van der Waals surface area contributed by atoms with E-state index in [0.717, 1.165) is 22.7 Å². The number of aromatic nitrogens is 1. The number of hydrogen-bond acceptors (Lipinski definition) is 1. The van der Waals surface area contributed by atoms with Crippen LogP contribution in [-0.4, -0.2) is 4.57 Å². The fraction of sp³-hybridized carbons (Fsp3) is 0. The van der Waals surface area contributed by atoms with Gasteiger partial charge in [-0.1, -0.05) is 152 Å². The van der Waals surface area contributed by atoms with Gasteiger partial charge in [0.15, 0.2) is 0 Å². The van der Waals surface area contributed by atoms with Gasteiger partial charge in [-0.3, -0.25) is 0 Å². The second-order valence-electron chi connectivity index (χ2n) is 13.8. The summed E-state index contributed by atoms with van der Waals surface area (Å²) in [6.07, 6.45) is 0. The second kappa shape index (κ2) is 13.4. The molecule has 0 aliphatic heterocycles. The van der Waals surface area contributed by atoms with Gasteiger partial charge in [0, 0.05) is 33.5 Å². The Hall–Kier alpha value is -7.16. The van der Waals surface area contributed by atoms with Crippen LogP contribution in [0.4, 0.5) is 17.1 Å². The van der Waals surface area contributed by atoms with Crippen molar-refractivity contribution in [3.8, 4) is 39.1 Å². The highest BCUT2D eigenvalue weighted by Gasteiger charge is 2.20. The summed E-state index contributed by atoms with van der Waals surface area (Å²) in [5.41, 5.74) is 14.0. The van der Waals surface area contributed by atoms with Crippen LogP contribution in [0.1, 0.15) is 0 Å². The van der Waals surface area contributed by atoms with Crippen LogP contribution in [0.25, 0.3) is 71.6 Å². The lowest BCUT2D eigenvalue weighted by Gasteiger charge is -2.26. The molecular weight excluding hydrogens is 653 g/mol. The minimum Gasteiger partial charge on any atom is -0.310 e. The molecule has 0 aliphatic rings. The first kappa shape index (κ1) is 31.6. The zero-order valence-corrected chi connectivity index (χ0v) is 29.7. The molecule has 1 heterocycles. The van der Waals surface area contributed by atoms with Crippen LogP contribution in [-0.2, 0) is 0 Å². The Kier molecular flexibility index (Phi) is 7.85. The predicted octanol–water partition coefficient (Wildman–Crippen LogP) is 14.4. The Morgan fingerprint density at radius 2 is 0.889 bits per heavy atom. The molecule has 0 atom stereocenters. The van der Waals surface area contributed by atoms with E-state index >= 15 is 0 Å². The van der Waals surface area contributed by atoms with Crippen molar-refractivity contribution in [3.63, 3.8) is 0 Å². The highest BCUT2D eigenvalue weighted by atomic mass is 15.1. The van der Waals surface area contributed by atoms with E-state index in [4.69, 9.17) is 0 Å². The first-order valence-electron chi connectivity index (χ1n) is 18.5. The summed E-state index contributed by atoms with van der Waals surface area (Å²) in [6.45, 7) is 0. The summed E-state index contributed by atoms with van der Waals surface area (Å²) in [4.78, 5) is 2.40. The van der Waals surface area contributed by atoms with Gasteiger partial charge >= 0.3 is 0 Å². The van der Waals surface area contributed by atoms with Crippen LogP contribution in [0.5, 0.6) is 0 Å². The molecule has 254 valence electrons. The molecule has 2 heteroatoms. The third kappa shape index (κ3) is 5.62. The van der Waals surface area contributed by atoms with Gasteiger partial charge in [0.1, 0.15) is 0 Å². The zero-order valence-electron chi connectivity index (χ0n) is 29.7. The average molecular weight is 689 g/mol. The van der Waals surface area contributed by atoms with Crippen LogP contribution in [0, 0.1) is 0 Å². The van der Waals surface area contributed by atoms with Crippen molar-refractivity contribution < 1.29 is 0 Å².